The number of rotatable bonds is 4. The highest BCUT2D eigenvalue weighted by Gasteiger charge is 2.12. The molecule has 2 aromatic heterocycles. The van der Waals surface area contributed by atoms with Crippen LogP contribution in [0, 0.1) is 13.8 Å². The van der Waals surface area contributed by atoms with Gasteiger partial charge in [0.25, 0.3) is 0 Å². The molecule has 0 amide bonds. The Bertz CT molecular complexity index is 745. The summed E-state index contributed by atoms with van der Waals surface area (Å²) in [7, 11) is 1.98. The standard InChI is InChI=1S/C15H16N4OS/c1-10-4-6-12(7-5-10)14-16-17-15(19(14)3)21-9-13-8-11(2)18-20-13/h4-8H,9H2,1-3H3. The minimum Gasteiger partial charge on any atom is -0.360 e. The first-order valence-corrected chi connectivity index (χ1v) is 7.63. The molecule has 0 unspecified atom stereocenters. The predicted octanol–water partition coefficient (Wildman–Crippen LogP) is 3.38. The maximum Gasteiger partial charge on any atom is 0.191 e. The summed E-state index contributed by atoms with van der Waals surface area (Å²) < 4.78 is 7.20. The van der Waals surface area contributed by atoms with Crippen LogP contribution in [-0.2, 0) is 12.8 Å². The molecule has 108 valence electrons. The Morgan fingerprint density at radius 1 is 1.14 bits per heavy atom. The highest BCUT2D eigenvalue weighted by Crippen LogP contribution is 2.25. The van der Waals surface area contributed by atoms with Gasteiger partial charge >= 0.3 is 0 Å². The first-order chi connectivity index (χ1) is 10.1. The van der Waals surface area contributed by atoms with E-state index in [1.54, 1.807) is 11.8 Å². The van der Waals surface area contributed by atoms with Gasteiger partial charge in [0.1, 0.15) is 5.76 Å². The van der Waals surface area contributed by atoms with Crippen molar-refractivity contribution in [3.05, 3.63) is 47.3 Å². The van der Waals surface area contributed by atoms with Gasteiger partial charge in [-0.2, -0.15) is 0 Å². The topological polar surface area (TPSA) is 56.7 Å². The molecule has 0 saturated carbocycles. The highest BCUT2D eigenvalue weighted by molar-refractivity contribution is 7.98. The number of nitrogens with zero attached hydrogens (tertiary/aromatic N) is 4. The average molecular weight is 300 g/mol. The van der Waals surface area contributed by atoms with E-state index < -0.39 is 0 Å². The van der Waals surface area contributed by atoms with E-state index in [1.807, 2.05) is 24.6 Å². The first kappa shape index (κ1) is 13.9. The molecule has 21 heavy (non-hydrogen) atoms. The molecule has 0 fully saturated rings. The number of aromatic nitrogens is 4. The fraction of sp³-hybridized carbons (Fsp3) is 0.267. The van der Waals surface area contributed by atoms with Gasteiger partial charge in [-0.15, -0.1) is 10.2 Å². The molecular formula is C15H16N4OS. The van der Waals surface area contributed by atoms with Crippen LogP contribution in [-0.4, -0.2) is 19.9 Å². The lowest BCUT2D eigenvalue weighted by molar-refractivity contribution is 0.391. The highest BCUT2D eigenvalue weighted by atomic mass is 32.2. The van der Waals surface area contributed by atoms with Crippen molar-refractivity contribution >= 4 is 11.8 Å². The summed E-state index contributed by atoms with van der Waals surface area (Å²) in [5.74, 6) is 2.41. The fourth-order valence-corrected chi connectivity index (χ4v) is 2.80. The quantitative estimate of drug-likeness (QED) is 0.691. The van der Waals surface area contributed by atoms with Gasteiger partial charge < -0.3 is 9.09 Å². The van der Waals surface area contributed by atoms with Crippen molar-refractivity contribution in [3.8, 4) is 11.4 Å². The van der Waals surface area contributed by atoms with Gasteiger partial charge in [-0.25, -0.2) is 0 Å². The Kier molecular flexibility index (Phi) is 3.79. The van der Waals surface area contributed by atoms with Crippen molar-refractivity contribution in [2.45, 2.75) is 24.8 Å². The molecule has 6 heteroatoms. The van der Waals surface area contributed by atoms with Gasteiger partial charge in [0.15, 0.2) is 11.0 Å². The minimum absolute atomic E-state index is 0.695. The van der Waals surface area contributed by atoms with Crippen LogP contribution in [0.5, 0.6) is 0 Å². The molecule has 0 atom stereocenters. The van der Waals surface area contributed by atoms with Gasteiger partial charge in [-0.3, -0.25) is 0 Å². The van der Waals surface area contributed by atoms with Gasteiger partial charge in [0.2, 0.25) is 0 Å². The molecule has 0 saturated heterocycles. The summed E-state index contributed by atoms with van der Waals surface area (Å²) in [6, 6.07) is 10.2. The van der Waals surface area contributed by atoms with E-state index in [9.17, 15) is 0 Å². The molecule has 0 aliphatic rings. The van der Waals surface area contributed by atoms with Crippen LogP contribution in [0.1, 0.15) is 17.0 Å². The second-order valence-electron chi connectivity index (χ2n) is 4.95. The number of hydrogen-bond donors (Lipinski definition) is 0. The van der Waals surface area contributed by atoms with Crippen LogP contribution >= 0.6 is 11.8 Å². The third kappa shape index (κ3) is 3.00. The van der Waals surface area contributed by atoms with E-state index in [1.165, 1.54) is 5.56 Å². The Morgan fingerprint density at radius 2 is 1.90 bits per heavy atom. The fourth-order valence-electron chi connectivity index (χ4n) is 2.01. The van der Waals surface area contributed by atoms with Crippen molar-refractivity contribution in [2.75, 3.05) is 0 Å². The lowest BCUT2D eigenvalue weighted by Gasteiger charge is -2.03. The molecule has 0 bridgehead atoms. The van der Waals surface area contributed by atoms with Crippen molar-refractivity contribution < 1.29 is 4.52 Å². The Labute approximate surface area is 127 Å². The van der Waals surface area contributed by atoms with E-state index in [4.69, 9.17) is 4.52 Å². The predicted molar refractivity (Wildman–Crippen MR) is 82.0 cm³/mol. The Balaban J connectivity index is 1.77. The summed E-state index contributed by atoms with van der Waals surface area (Å²) in [4.78, 5) is 0. The Morgan fingerprint density at radius 3 is 2.57 bits per heavy atom. The zero-order chi connectivity index (χ0) is 14.8. The molecule has 3 aromatic rings. The number of thioether (sulfide) groups is 1. The van der Waals surface area contributed by atoms with Gasteiger partial charge in [-0.1, -0.05) is 46.7 Å². The van der Waals surface area contributed by atoms with Crippen molar-refractivity contribution in [1.29, 1.82) is 0 Å². The third-order valence-electron chi connectivity index (χ3n) is 3.16. The van der Waals surface area contributed by atoms with Crippen LogP contribution in [0.2, 0.25) is 0 Å². The second kappa shape index (κ2) is 5.73. The molecule has 1 aromatic carbocycles. The molecule has 0 aliphatic heterocycles. The van der Waals surface area contributed by atoms with Crippen LogP contribution in [0.25, 0.3) is 11.4 Å². The van der Waals surface area contributed by atoms with Crippen molar-refractivity contribution in [2.24, 2.45) is 7.05 Å². The molecule has 0 aliphatic carbocycles. The van der Waals surface area contributed by atoms with Gasteiger partial charge in [0.05, 0.1) is 11.4 Å². The summed E-state index contributed by atoms with van der Waals surface area (Å²) in [6.07, 6.45) is 0. The molecular weight excluding hydrogens is 284 g/mol. The molecule has 3 rings (SSSR count). The van der Waals surface area contributed by atoms with Crippen LogP contribution in [0.3, 0.4) is 0 Å². The zero-order valence-electron chi connectivity index (χ0n) is 12.2. The van der Waals surface area contributed by atoms with E-state index in [0.717, 1.165) is 28.0 Å². The van der Waals surface area contributed by atoms with E-state index in [-0.39, 0.29) is 0 Å². The van der Waals surface area contributed by atoms with E-state index >= 15 is 0 Å². The first-order valence-electron chi connectivity index (χ1n) is 6.65. The third-order valence-corrected chi connectivity index (χ3v) is 4.21. The molecule has 0 spiro atoms. The van der Waals surface area contributed by atoms with Crippen molar-refractivity contribution in [1.82, 2.24) is 19.9 Å². The van der Waals surface area contributed by atoms with Gasteiger partial charge in [-0.05, 0) is 13.8 Å². The summed E-state index contributed by atoms with van der Waals surface area (Å²) in [6.45, 7) is 3.98. The smallest absolute Gasteiger partial charge is 0.191 e. The minimum atomic E-state index is 0.695. The number of aryl methyl sites for hydroxylation is 2. The zero-order valence-corrected chi connectivity index (χ0v) is 13.0. The van der Waals surface area contributed by atoms with Crippen LogP contribution in [0.15, 0.2) is 40.0 Å². The Hall–Kier alpha value is -2.08. The van der Waals surface area contributed by atoms with E-state index in [0.29, 0.717) is 5.75 Å². The monoisotopic (exact) mass is 300 g/mol. The number of hydrogen-bond acceptors (Lipinski definition) is 5. The summed E-state index contributed by atoms with van der Waals surface area (Å²) in [5, 5.41) is 13.3. The average Bonchev–Trinajstić information content (AvgIpc) is 3.04. The maximum atomic E-state index is 5.20. The van der Waals surface area contributed by atoms with E-state index in [2.05, 4.69) is 46.5 Å². The molecule has 2 heterocycles. The summed E-state index contributed by atoms with van der Waals surface area (Å²) in [5.41, 5.74) is 3.19. The molecule has 5 nitrogen and oxygen atoms in total. The maximum absolute atomic E-state index is 5.20. The van der Waals surface area contributed by atoms with Crippen molar-refractivity contribution in [3.63, 3.8) is 0 Å². The number of benzene rings is 1. The second-order valence-corrected chi connectivity index (χ2v) is 5.90. The molecule has 0 radical (unpaired) electrons. The van der Waals surface area contributed by atoms with Crippen LogP contribution < -0.4 is 0 Å². The van der Waals surface area contributed by atoms with Gasteiger partial charge in [0, 0.05) is 18.7 Å². The SMILES string of the molecule is Cc1ccc(-c2nnc(SCc3cc(C)no3)n2C)cc1. The largest absolute Gasteiger partial charge is 0.360 e. The lowest BCUT2D eigenvalue weighted by Crippen LogP contribution is -1.95. The lowest BCUT2D eigenvalue weighted by atomic mass is 10.1. The summed E-state index contributed by atoms with van der Waals surface area (Å²) >= 11 is 1.59. The van der Waals surface area contributed by atoms with Crippen LogP contribution in [0.4, 0.5) is 0 Å². The molecule has 0 N–H and O–H groups in total. The normalized spacial score (nSPS) is 11.0.